The molecule has 0 bridgehead atoms. The van der Waals surface area contributed by atoms with Crippen LogP contribution in [0, 0.1) is 11.8 Å². The molecule has 1 saturated heterocycles. The molecule has 1 amide bonds. The molecule has 3 aromatic rings. The highest BCUT2D eigenvalue weighted by molar-refractivity contribution is 6.31. The van der Waals surface area contributed by atoms with Crippen LogP contribution in [0.2, 0.25) is 5.02 Å². The largest absolute Gasteiger partial charge is 0.484 e. The molecule has 1 N–H and O–H groups in total. The molecule has 1 heterocycles. The van der Waals surface area contributed by atoms with Crippen molar-refractivity contribution in [1.82, 2.24) is 0 Å². The number of carbonyl (C=O) groups is 1. The van der Waals surface area contributed by atoms with E-state index in [9.17, 15) is 4.79 Å². The van der Waals surface area contributed by atoms with E-state index < -0.39 is 0 Å². The second-order valence-corrected chi connectivity index (χ2v) is 11.1. The molecule has 0 unspecified atom stereocenters. The molecular weight excluding hydrogens is 482 g/mol. The summed E-state index contributed by atoms with van der Waals surface area (Å²) < 4.78 is 12.3. The fraction of sp³-hybridized carbons (Fsp3) is 0.406. The van der Waals surface area contributed by atoms with E-state index in [1.807, 2.05) is 42.5 Å². The van der Waals surface area contributed by atoms with E-state index in [0.717, 1.165) is 35.5 Å². The van der Waals surface area contributed by atoms with E-state index in [1.165, 1.54) is 29.5 Å². The molecule has 3 aromatic carbocycles. The lowest BCUT2D eigenvalue weighted by atomic mass is 9.76. The number of halogens is 1. The molecule has 194 valence electrons. The first-order valence-electron chi connectivity index (χ1n) is 13.5. The standard InChI is InChI=1S/C32H36ClNO3/c1-21(2)28-18-24(26-10-5-6-12-29(26)33)19-37-32(28)23-14-16-25(17-15-23)36-20-31(35)34-30-13-7-9-22-8-3-4-11-27(22)30/h5-7,9-10,12-17,21,24,28,32H,3-4,8,11,18-20H2,1-2H3,(H,34,35)/t24-,28-,32-/m0/s1. The van der Waals surface area contributed by atoms with E-state index in [0.29, 0.717) is 30.1 Å². The Kier molecular flexibility index (Phi) is 8.17. The average molecular weight is 518 g/mol. The first-order valence-corrected chi connectivity index (χ1v) is 13.9. The summed E-state index contributed by atoms with van der Waals surface area (Å²) in [7, 11) is 0. The molecule has 1 aliphatic carbocycles. The third-order valence-electron chi connectivity index (χ3n) is 7.87. The molecule has 5 heteroatoms. The van der Waals surface area contributed by atoms with Gasteiger partial charge >= 0.3 is 0 Å². The number of nitrogens with one attached hydrogen (secondary N) is 1. The van der Waals surface area contributed by atoms with Crippen molar-refractivity contribution in [3.63, 3.8) is 0 Å². The van der Waals surface area contributed by atoms with Crippen molar-refractivity contribution in [3.8, 4) is 5.75 Å². The first kappa shape index (κ1) is 25.8. The summed E-state index contributed by atoms with van der Waals surface area (Å²) in [4.78, 5) is 12.6. The van der Waals surface area contributed by atoms with Gasteiger partial charge < -0.3 is 14.8 Å². The minimum absolute atomic E-state index is 0.0168. The zero-order valence-electron chi connectivity index (χ0n) is 21.7. The van der Waals surface area contributed by atoms with Gasteiger partial charge in [-0.25, -0.2) is 0 Å². The first-order chi connectivity index (χ1) is 18.0. The van der Waals surface area contributed by atoms with Crippen LogP contribution < -0.4 is 10.1 Å². The lowest BCUT2D eigenvalue weighted by molar-refractivity contribution is -0.118. The predicted octanol–water partition coefficient (Wildman–Crippen LogP) is 7.75. The smallest absolute Gasteiger partial charge is 0.262 e. The van der Waals surface area contributed by atoms with Crippen LogP contribution in [0.5, 0.6) is 5.75 Å². The summed E-state index contributed by atoms with van der Waals surface area (Å²) in [5.74, 6) is 1.70. The quantitative estimate of drug-likeness (QED) is 0.348. The average Bonchev–Trinajstić information content (AvgIpc) is 2.92. The van der Waals surface area contributed by atoms with Gasteiger partial charge in [0.15, 0.2) is 6.61 Å². The number of aryl methyl sites for hydroxylation is 1. The van der Waals surface area contributed by atoms with Crippen LogP contribution in [-0.2, 0) is 22.4 Å². The second kappa shape index (κ2) is 11.7. The van der Waals surface area contributed by atoms with Crippen LogP contribution in [0.15, 0.2) is 66.7 Å². The van der Waals surface area contributed by atoms with Gasteiger partial charge in [0.05, 0.1) is 12.7 Å². The number of carbonyl (C=O) groups excluding carboxylic acids is 1. The third kappa shape index (κ3) is 6.02. The molecule has 0 saturated carbocycles. The Hall–Kier alpha value is -2.82. The van der Waals surface area contributed by atoms with Crippen molar-refractivity contribution < 1.29 is 14.3 Å². The number of anilines is 1. The van der Waals surface area contributed by atoms with Crippen molar-refractivity contribution in [2.75, 3.05) is 18.5 Å². The van der Waals surface area contributed by atoms with Crippen molar-refractivity contribution in [2.24, 2.45) is 11.8 Å². The van der Waals surface area contributed by atoms with Gasteiger partial charge in [-0.05, 0) is 90.5 Å². The molecule has 0 aromatic heterocycles. The van der Waals surface area contributed by atoms with Crippen LogP contribution in [-0.4, -0.2) is 19.1 Å². The Balaban J connectivity index is 1.19. The van der Waals surface area contributed by atoms with Gasteiger partial charge in [0.2, 0.25) is 0 Å². The monoisotopic (exact) mass is 517 g/mol. The second-order valence-electron chi connectivity index (χ2n) is 10.7. The molecule has 2 aliphatic rings. The number of amides is 1. The Labute approximate surface area is 225 Å². The molecule has 5 rings (SSSR count). The predicted molar refractivity (Wildman–Crippen MR) is 149 cm³/mol. The lowest BCUT2D eigenvalue weighted by Gasteiger charge is -2.39. The zero-order chi connectivity index (χ0) is 25.8. The molecule has 3 atom stereocenters. The van der Waals surface area contributed by atoms with Crippen LogP contribution in [0.3, 0.4) is 0 Å². The Morgan fingerprint density at radius 2 is 1.81 bits per heavy atom. The maximum Gasteiger partial charge on any atom is 0.262 e. The van der Waals surface area contributed by atoms with Crippen molar-refractivity contribution in [3.05, 3.63) is 94.0 Å². The summed E-state index contributed by atoms with van der Waals surface area (Å²) in [6.45, 7) is 5.15. The van der Waals surface area contributed by atoms with Crippen molar-refractivity contribution in [1.29, 1.82) is 0 Å². The van der Waals surface area contributed by atoms with E-state index in [-0.39, 0.29) is 18.6 Å². The Morgan fingerprint density at radius 3 is 2.59 bits per heavy atom. The fourth-order valence-corrected chi connectivity index (χ4v) is 6.13. The number of rotatable bonds is 7. The Morgan fingerprint density at radius 1 is 1.03 bits per heavy atom. The summed E-state index contributed by atoms with van der Waals surface area (Å²) in [5, 5.41) is 3.86. The number of ether oxygens (including phenoxy) is 2. The van der Waals surface area contributed by atoms with E-state index in [1.54, 1.807) is 0 Å². The van der Waals surface area contributed by atoms with Crippen LogP contribution in [0.1, 0.15) is 67.4 Å². The molecule has 4 nitrogen and oxygen atoms in total. The topological polar surface area (TPSA) is 47.6 Å². The highest BCUT2D eigenvalue weighted by atomic mass is 35.5. The third-order valence-corrected chi connectivity index (χ3v) is 8.22. The summed E-state index contributed by atoms with van der Waals surface area (Å²) >= 11 is 6.49. The van der Waals surface area contributed by atoms with Crippen molar-refractivity contribution >= 4 is 23.2 Å². The maximum atomic E-state index is 12.6. The van der Waals surface area contributed by atoms with Crippen LogP contribution >= 0.6 is 11.6 Å². The molecule has 0 spiro atoms. The van der Waals surface area contributed by atoms with Gasteiger partial charge in [-0.15, -0.1) is 0 Å². The number of fused-ring (bicyclic) bond motifs is 1. The van der Waals surface area contributed by atoms with E-state index >= 15 is 0 Å². The lowest BCUT2D eigenvalue weighted by Crippen LogP contribution is -2.31. The van der Waals surface area contributed by atoms with Crippen molar-refractivity contribution in [2.45, 2.75) is 58.0 Å². The van der Waals surface area contributed by atoms with E-state index in [2.05, 4.69) is 43.4 Å². The molecular formula is C32H36ClNO3. The van der Waals surface area contributed by atoms with Gasteiger partial charge in [0.25, 0.3) is 5.91 Å². The summed E-state index contributed by atoms with van der Waals surface area (Å²) in [6.07, 6.45) is 5.56. The molecule has 0 radical (unpaired) electrons. The molecule has 37 heavy (non-hydrogen) atoms. The normalized spacial score (nSPS) is 21.4. The number of hydrogen-bond donors (Lipinski definition) is 1. The highest BCUT2D eigenvalue weighted by Gasteiger charge is 2.35. The fourth-order valence-electron chi connectivity index (χ4n) is 5.84. The number of benzene rings is 3. The highest BCUT2D eigenvalue weighted by Crippen LogP contribution is 2.44. The zero-order valence-corrected chi connectivity index (χ0v) is 22.5. The maximum absolute atomic E-state index is 12.6. The molecule has 1 fully saturated rings. The van der Waals surface area contributed by atoms with Gasteiger partial charge in [0.1, 0.15) is 5.75 Å². The SMILES string of the molecule is CC(C)[C@@H]1C[C@H](c2ccccc2Cl)CO[C@H]1c1ccc(OCC(=O)Nc2cccc3c2CCCC3)cc1. The molecule has 1 aliphatic heterocycles. The van der Waals surface area contributed by atoms with Crippen LogP contribution in [0.4, 0.5) is 5.69 Å². The van der Waals surface area contributed by atoms with Crippen LogP contribution in [0.25, 0.3) is 0 Å². The minimum Gasteiger partial charge on any atom is -0.484 e. The van der Waals surface area contributed by atoms with Gasteiger partial charge in [0, 0.05) is 16.6 Å². The summed E-state index contributed by atoms with van der Waals surface area (Å²) in [5.41, 5.74) is 5.86. The van der Waals surface area contributed by atoms with E-state index in [4.69, 9.17) is 21.1 Å². The Bertz CT molecular complexity index is 1220. The number of hydrogen-bond acceptors (Lipinski definition) is 3. The van der Waals surface area contributed by atoms with Gasteiger partial charge in [-0.2, -0.15) is 0 Å². The van der Waals surface area contributed by atoms with Gasteiger partial charge in [-0.1, -0.05) is 67.9 Å². The minimum atomic E-state index is -0.135. The summed E-state index contributed by atoms with van der Waals surface area (Å²) in [6, 6.07) is 22.3. The van der Waals surface area contributed by atoms with Gasteiger partial charge in [-0.3, -0.25) is 4.79 Å².